The quantitative estimate of drug-likeness (QED) is 0.322. The molecule has 0 aliphatic carbocycles. The number of benzene rings is 2. The summed E-state index contributed by atoms with van der Waals surface area (Å²) in [7, 11) is 0. The van der Waals surface area contributed by atoms with Gasteiger partial charge in [0, 0.05) is 26.7 Å². The highest BCUT2D eigenvalue weighted by molar-refractivity contribution is 9.10. The smallest absolute Gasteiger partial charge is 0.336 e. The third-order valence-electron chi connectivity index (χ3n) is 3.75. The number of nitrogens with zero attached hydrogens (tertiary/aromatic N) is 3. The van der Waals surface area contributed by atoms with Crippen LogP contribution in [0.3, 0.4) is 0 Å². The maximum absolute atomic E-state index is 11.9. The lowest BCUT2D eigenvalue weighted by atomic mass is 10.1. The third kappa shape index (κ3) is 3.56. The molecule has 0 saturated carbocycles. The van der Waals surface area contributed by atoms with Crippen LogP contribution < -0.4 is 5.63 Å². The molecule has 0 bridgehead atoms. The van der Waals surface area contributed by atoms with E-state index in [1.165, 1.54) is 17.8 Å². The van der Waals surface area contributed by atoms with Crippen LogP contribution in [0, 0.1) is 0 Å². The second-order valence-electron chi connectivity index (χ2n) is 5.48. The molecule has 0 fully saturated rings. The Hall–Kier alpha value is -2.09. The van der Waals surface area contributed by atoms with Gasteiger partial charge in [-0.15, -0.1) is 10.2 Å². The molecule has 0 aliphatic rings. The van der Waals surface area contributed by atoms with Crippen molar-refractivity contribution < 1.29 is 4.42 Å². The van der Waals surface area contributed by atoms with Crippen LogP contribution in [0.4, 0.5) is 0 Å². The molecular formula is C18H11BrClN3O2S. The van der Waals surface area contributed by atoms with Gasteiger partial charge in [-0.3, -0.25) is 4.57 Å². The molecule has 8 heteroatoms. The van der Waals surface area contributed by atoms with Crippen molar-refractivity contribution in [2.24, 2.45) is 0 Å². The minimum atomic E-state index is -0.373. The van der Waals surface area contributed by atoms with Gasteiger partial charge in [0.05, 0.1) is 5.69 Å². The van der Waals surface area contributed by atoms with Gasteiger partial charge in [-0.25, -0.2) is 4.79 Å². The number of halogens is 2. The largest absolute Gasteiger partial charge is 0.423 e. The molecule has 4 rings (SSSR count). The topological polar surface area (TPSA) is 60.9 Å². The van der Waals surface area contributed by atoms with E-state index in [4.69, 9.17) is 16.0 Å². The number of aromatic nitrogens is 3. The molecule has 0 saturated heterocycles. The molecule has 0 amide bonds. The fourth-order valence-corrected chi connectivity index (χ4v) is 4.04. The summed E-state index contributed by atoms with van der Waals surface area (Å²) in [5.41, 5.74) is 1.95. The third-order valence-corrected chi connectivity index (χ3v) is 5.47. The maximum Gasteiger partial charge on any atom is 0.336 e. The Labute approximate surface area is 166 Å². The summed E-state index contributed by atoms with van der Waals surface area (Å²) in [5, 5.41) is 10.4. The SMILES string of the molecule is O=c1cc(CSc2nncn2-c2cccc(Cl)c2)c2ccc(Br)cc2o1. The van der Waals surface area contributed by atoms with E-state index in [1.807, 2.05) is 41.0 Å². The summed E-state index contributed by atoms with van der Waals surface area (Å²) >= 11 is 11.0. The molecule has 0 spiro atoms. The summed E-state index contributed by atoms with van der Waals surface area (Å²) in [6.45, 7) is 0. The van der Waals surface area contributed by atoms with Crippen molar-refractivity contribution in [2.75, 3.05) is 0 Å². The van der Waals surface area contributed by atoms with Gasteiger partial charge < -0.3 is 4.42 Å². The van der Waals surface area contributed by atoms with Crippen molar-refractivity contribution in [2.45, 2.75) is 10.9 Å². The van der Waals surface area contributed by atoms with Crippen LogP contribution in [0.25, 0.3) is 16.7 Å². The Morgan fingerprint density at radius 2 is 2.08 bits per heavy atom. The van der Waals surface area contributed by atoms with Crippen molar-refractivity contribution in [1.29, 1.82) is 0 Å². The van der Waals surface area contributed by atoms with Crippen molar-refractivity contribution >= 4 is 50.3 Å². The first-order valence-corrected chi connectivity index (χ1v) is 9.77. The lowest BCUT2D eigenvalue weighted by Gasteiger charge is -2.08. The molecule has 4 aromatic rings. The van der Waals surface area contributed by atoms with Crippen LogP contribution in [0.2, 0.25) is 5.02 Å². The van der Waals surface area contributed by atoms with E-state index in [9.17, 15) is 4.79 Å². The molecule has 0 aliphatic heterocycles. The lowest BCUT2D eigenvalue weighted by Crippen LogP contribution is -2.01. The van der Waals surface area contributed by atoms with Gasteiger partial charge in [0.1, 0.15) is 11.9 Å². The summed E-state index contributed by atoms with van der Waals surface area (Å²) in [6.07, 6.45) is 1.64. The Balaban J connectivity index is 1.66. The van der Waals surface area contributed by atoms with E-state index in [0.29, 0.717) is 21.5 Å². The second-order valence-corrected chi connectivity index (χ2v) is 7.78. The number of hydrogen-bond donors (Lipinski definition) is 0. The highest BCUT2D eigenvalue weighted by Gasteiger charge is 2.11. The summed E-state index contributed by atoms with van der Waals surface area (Å²) in [5.74, 6) is 0.559. The highest BCUT2D eigenvalue weighted by atomic mass is 79.9. The molecule has 0 radical (unpaired) electrons. The maximum atomic E-state index is 11.9. The van der Waals surface area contributed by atoms with Crippen molar-refractivity contribution in [3.63, 3.8) is 0 Å². The number of hydrogen-bond acceptors (Lipinski definition) is 5. The van der Waals surface area contributed by atoms with Crippen LogP contribution in [-0.4, -0.2) is 14.8 Å². The van der Waals surface area contributed by atoms with Gasteiger partial charge in [0.25, 0.3) is 0 Å². The van der Waals surface area contributed by atoms with E-state index in [-0.39, 0.29) is 5.63 Å². The monoisotopic (exact) mass is 447 g/mol. The van der Waals surface area contributed by atoms with Gasteiger partial charge in [-0.1, -0.05) is 45.4 Å². The normalized spacial score (nSPS) is 11.2. The fourth-order valence-electron chi connectivity index (χ4n) is 2.59. The number of rotatable bonds is 4. The van der Waals surface area contributed by atoms with Gasteiger partial charge in [-0.2, -0.15) is 0 Å². The average Bonchev–Trinajstić information content (AvgIpc) is 3.07. The zero-order valence-electron chi connectivity index (χ0n) is 13.2. The molecule has 2 aromatic carbocycles. The van der Waals surface area contributed by atoms with Crippen LogP contribution in [0.5, 0.6) is 0 Å². The molecule has 2 aromatic heterocycles. The van der Waals surface area contributed by atoms with Crippen molar-refractivity contribution in [1.82, 2.24) is 14.8 Å². The van der Waals surface area contributed by atoms with E-state index in [1.54, 1.807) is 12.4 Å². The van der Waals surface area contributed by atoms with E-state index in [0.717, 1.165) is 21.1 Å². The first kappa shape index (κ1) is 17.3. The Morgan fingerprint density at radius 1 is 1.19 bits per heavy atom. The zero-order chi connectivity index (χ0) is 18.1. The summed E-state index contributed by atoms with van der Waals surface area (Å²) in [6, 6.07) is 14.6. The minimum absolute atomic E-state index is 0.373. The average molecular weight is 449 g/mol. The molecule has 130 valence electrons. The zero-order valence-corrected chi connectivity index (χ0v) is 16.4. The van der Waals surface area contributed by atoms with Crippen LogP contribution in [-0.2, 0) is 5.75 Å². The first-order chi connectivity index (χ1) is 12.6. The molecular weight excluding hydrogens is 438 g/mol. The summed E-state index contributed by atoms with van der Waals surface area (Å²) in [4.78, 5) is 11.9. The Morgan fingerprint density at radius 3 is 2.92 bits per heavy atom. The van der Waals surface area contributed by atoms with Crippen LogP contribution in [0.1, 0.15) is 5.56 Å². The van der Waals surface area contributed by atoms with Crippen LogP contribution in [0.15, 0.2) is 73.7 Å². The van der Waals surface area contributed by atoms with Crippen molar-refractivity contribution in [3.05, 3.63) is 80.3 Å². The predicted molar refractivity (Wildman–Crippen MR) is 106 cm³/mol. The van der Waals surface area contributed by atoms with Gasteiger partial charge in [0.15, 0.2) is 5.16 Å². The molecule has 0 atom stereocenters. The molecule has 2 heterocycles. The molecule has 5 nitrogen and oxygen atoms in total. The molecule has 26 heavy (non-hydrogen) atoms. The first-order valence-electron chi connectivity index (χ1n) is 7.61. The number of fused-ring (bicyclic) bond motifs is 1. The van der Waals surface area contributed by atoms with Gasteiger partial charge in [-0.05, 0) is 42.0 Å². The minimum Gasteiger partial charge on any atom is -0.423 e. The molecule has 0 N–H and O–H groups in total. The Bertz CT molecular complexity index is 1160. The predicted octanol–water partition coefficient (Wildman–Crippen LogP) is 5.08. The highest BCUT2D eigenvalue weighted by Crippen LogP contribution is 2.28. The lowest BCUT2D eigenvalue weighted by molar-refractivity contribution is 0.559. The van der Waals surface area contributed by atoms with E-state index in [2.05, 4.69) is 26.1 Å². The van der Waals surface area contributed by atoms with Gasteiger partial charge in [0.2, 0.25) is 0 Å². The van der Waals surface area contributed by atoms with Crippen LogP contribution >= 0.6 is 39.3 Å². The molecule has 0 unspecified atom stereocenters. The Kier molecular flexibility index (Phi) is 4.84. The second kappa shape index (κ2) is 7.26. The number of thioether (sulfide) groups is 1. The van der Waals surface area contributed by atoms with Gasteiger partial charge >= 0.3 is 5.63 Å². The standard InChI is InChI=1S/C18H11BrClN3O2S/c19-12-4-5-15-11(6-17(24)25-16(15)7-12)9-26-18-22-21-10-23(18)14-3-1-2-13(20)8-14/h1-8,10H,9H2. The van der Waals surface area contributed by atoms with E-state index >= 15 is 0 Å². The fraction of sp³-hybridized carbons (Fsp3) is 0.0556. The summed E-state index contributed by atoms with van der Waals surface area (Å²) < 4.78 is 8.01. The van der Waals surface area contributed by atoms with Crippen molar-refractivity contribution in [3.8, 4) is 5.69 Å². The van der Waals surface area contributed by atoms with E-state index < -0.39 is 0 Å².